The third-order valence-electron chi connectivity index (χ3n) is 4.72. The lowest BCUT2D eigenvalue weighted by Gasteiger charge is -2.23. The molecular formula is C15H18N2O4S. The normalized spacial score (nSPS) is 28.5. The molecule has 1 aromatic carbocycles. The number of nitrogens with zero attached hydrogens (tertiary/aromatic N) is 2. The van der Waals surface area contributed by atoms with Crippen LogP contribution in [0.25, 0.3) is 0 Å². The maximum atomic E-state index is 13.0. The standard InChI is InChI=1S/C15H18N2O4S/c1-10-7-8-13-15(10)11(2)9-16(13)22(20,21)14-6-4-3-5-12(14)17(18)19/h3-7,11,13,15H,8-9H2,1-2H3/t11-,13+,15+/m0/s1. The van der Waals surface area contributed by atoms with E-state index >= 15 is 0 Å². The second kappa shape index (κ2) is 5.17. The predicted octanol–water partition coefficient (Wildman–Crippen LogP) is 2.57. The van der Waals surface area contributed by atoms with E-state index in [0.717, 1.165) is 0 Å². The molecule has 0 saturated carbocycles. The summed E-state index contributed by atoms with van der Waals surface area (Å²) in [6, 6.07) is 5.45. The van der Waals surface area contributed by atoms with Gasteiger partial charge in [-0.05, 0) is 25.3 Å². The topological polar surface area (TPSA) is 80.5 Å². The van der Waals surface area contributed by atoms with E-state index in [1.165, 1.54) is 34.1 Å². The van der Waals surface area contributed by atoms with E-state index in [0.29, 0.717) is 13.0 Å². The van der Waals surface area contributed by atoms with E-state index in [-0.39, 0.29) is 28.5 Å². The number of nitro benzene ring substituents is 1. The lowest BCUT2D eigenvalue weighted by Crippen LogP contribution is -2.36. The molecule has 1 aliphatic heterocycles. The summed E-state index contributed by atoms with van der Waals surface area (Å²) in [6.45, 7) is 4.48. The van der Waals surface area contributed by atoms with Gasteiger partial charge in [0.1, 0.15) is 0 Å². The first-order chi connectivity index (χ1) is 10.3. The Balaban J connectivity index is 2.04. The third kappa shape index (κ3) is 2.16. The summed E-state index contributed by atoms with van der Waals surface area (Å²) in [5.41, 5.74) is 0.860. The monoisotopic (exact) mass is 322 g/mol. The lowest BCUT2D eigenvalue weighted by atomic mass is 9.90. The van der Waals surface area contributed by atoms with Gasteiger partial charge in [-0.1, -0.05) is 30.7 Å². The van der Waals surface area contributed by atoms with Crippen molar-refractivity contribution in [2.45, 2.75) is 31.2 Å². The van der Waals surface area contributed by atoms with Gasteiger partial charge in [-0.15, -0.1) is 0 Å². The van der Waals surface area contributed by atoms with Crippen molar-refractivity contribution in [3.05, 3.63) is 46.0 Å². The highest BCUT2D eigenvalue weighted by atomic mass is 32.2. The van der Waals surface area contributed by atoms with Gasteiger partial charge in [-0.2, -0.15) is 4.31 Å². The molecule has 0 bridgehead atoms. The Bertz CT molecular complexity index is 757. The van der Waals surface area contributed by atoms with Crippen LogP contribution >= 0.6 is 0 Å². The number of benzene rings is 1. The zero-order valence-electron chi connectivity index (χ0n) is 12.5. The molecule has 22 heavy (non-hydrogen) atoms. The number of hydrogen-bond acceptors (Lipinski definition) is 4. The fourth-order valence-corrected chi connectivity index (χ4v) is 5.69. The van der Waals surface area contributed by atoms with Crippen molar-refractivity contribution >= 4 is 15.7 Å². The number of rotatable bonds is 3. The largest absolute Gasteiger partial charge is 0.289 e. The van der Waals surface area contributed by atoms with Crippen molar-refractivity contribution in [3.8, 4) is 0 Å². The van der Waals surface area contributed by atoms with E-state index in [1.54, 1.807) is 0 Å². The van der Waals surface area contributed by atoms with Crippen LogP contribution in [0.2, 0.25) is 0 Å². The minimum Gasteiger partial charge on any atom is -0.258 e. The summed E-state index contributed by atoms with van der Waals surface area (Å²) >= 11 is 0. The van der Waals surface area contributed by atoms with Crippen LogP contribution in [0, 0.1) is 22.0 Å². The summed E-state index contributed by atoms with van der Waals surface area (Å²) in [5.74, 6) is 0.443. The van der Waals surface area contributed by atoms with Crippen molar-refractivity contribution < 1.29 is 13.3 Å². The predicted molar refractivity (Wildman–Crippen MR) is 81.8 cm³/mol. The molecule has 1 heterocycles. The average Bonchev–Trinajstić information content (AvgIpc) is 3.01. The zero-order chi connectivity index (χ0) is 16.1. The van der Waals surface area contributed by atoms with Crippen LogP contribution in [0.5, 0.6) is 0 Å². The first kappa shape index (κ1) is 15.2. The third-order valence-corrected chi connectivity index (χ3v) is 6.66. The molecule has 7 heteroatoms. The Morgan fingerprint density at radius 2 is 2.00 bits per heavy atom. The number of sulfonamides is 1. The molecule has 1 aromatic rings. The van der Waals surface area contributed by atoms with Gasteiger partial charge in [0.25, 0.3) is 5.69 Å². The summed E-state index contributed by atoms with van der Waals surface area (Å²) in [6.07, 6.45) is 2.76. The quantitative estimate of drug-likeness (QED) is 0.486. The molecule has 0 aromatic heterocycles. The zero-order valence-corrected chi connectivity index (χ0v) is 13.3. The minimum atomic E-state index is -3.87. The Morgan fingerprint density at radius 1 is 1.32 bits per heavy atom. The highest BCUT2D eigenvalue weighted by Crippen LogP contribution is 2.44. The molecule has 0 N–H and O–H groups in total. The number of para-hydroxylation sites is 1. The minimum absolute atomic E-state index is 0.111. The molecule has 118 valence electrons. The molecule has 1 aliphatic carbocycles. The van der Waals surface area contributed by atoms with Crippen molar-refractivity contribution in [2.75, 3.05) is 6.54 Å². The fraction of sp³-hybridized carbons (Fsp3) is 0.467. The van der Waals surface area contributed by atoms with Crippen LogP contribution in [0.4, 0.5) is 5.69 Å². The van der Waals surface area contributed by atoms with Crippen LogP contribution in [0.15, 0.2) is 40.8 Å². The molecule has 3 rings (SSSR count). The Labute approximate surface area is 129 Å². The van der Waals surface area contributed by atoms with Crippen LogP contribution in [-0.4, -0.2) is 30.2 Å². The van der Waals surface area contributed by atoms with Gasteiger partial charge in [0, 0.05) is 24.6 Å². The Morgan fingerprint density at radius 3 is 2.68 bits per heavy atom. The van der Waals surface area contributed by atoms with Crippen molar-refractivity contribution in [1.29, 1.82) is 0 Å². The number of hydrogen-bond donors (Lipinski definition) is 0. The maximum absolute atomic E-state index is 13.0. The van der Waals surface area contributed by atoms with E-state index in [4.69, 9.17) is 0 Å². The molecule has 0 amide bonds. The fourth-order valence-electron chi connectivity index (χ4n) is 3.78. The maximum Gasteiger partial charge on any atom is 0.289 e. The molecule has 0 spiro atoms. The molecule has 2 aliphatic rings. The summed E-state index contributed by atoms with van der Waals surface area (Å²) in [4.78, 5) is 10.3. The van der Waals surface area contributed by atoms with Gasteiger partial charge in [0.05, 0.1) is 4.92 Å². The van der Waals surface area contributed by atoms with Gasteiger partial charge in [-0.3, -0.25) is 10.1 Å². The van der Waals surface area contributed by atoms with Gasteiger partial charge in [0.15, 0.2) is 4.90 Å². The smallest absolute Gasteiger partial charge is 0.258 e. The highest BCUT2D eigenvalue weighted by molar-refractivity contribution is 7.89. The summed E-state index contributed by atoms with van der Waals surface area (Å²) in [7, 11) is -3.87. The number of nitro groups is 1. The first-order valence-corrected chi connectivity index (χ1v) is 8.70. The molecule has 3 atom stereocenters. The van der Waals surface area contributed by atoms with E-state index in [1.807, 2.05) is 13.8 Å². The summed E-state index contributed by atoms with van der Waals surface area (Å²) < 4.78 is 27.4. The van der Waals surface area contributed by atoms with Gasteiger partial charge >= 0.3 is 0 Å². The van der Waals surface area contributed by atoms with Crippen molar-refractivity contribution in [2.24, 2.45) is 11.8 Å². The SMILES string of the molecule is CC1=CC[C@@H]2[C@H]1[C@@H](C)CN2S(=O)(=O)c1ccccc1[N+](=O)[O-]. The van der Waals surface area contributed by atoms with Crippen molar-refractivity contribution in [1.82, 2.24) is 4.31 Å². The van der Waals surface area contributed by atoms with E-state index in [9.17, 15) is 18.5 Å². The van der Waals surface area contributed by atoms with E-state index < -0.39 is 14.9 Å². The van der Waals surface area contributed by atoms with Gasteiger partial charge in [0.2, 0.25) is 10.0 Å². The number of fused-ring (bicyclic) bond motifs is 1. The molecule has 6 nitrogen and oxygen atoms in total. The molecule has 1 fully saturated rings. The summed E-state index contributed by atoms with van der Waals surface area (Å²) in [5, 5.41) is 11.1. The van der Waals surface area contributed by atoms with Crippen LogP contribution < -0.4 is 0 Å². The van der Waals surface area contributed by atoms with Crippen molar-refractivity contribution in [3.63, 3.8) is 0 Å². The molecule has 1 saturated heterocycles. The molecular weight excluding hydrogens is 304 g/mol. The Hall–Kier alpha value is -1.73. The van der Waals surface area contributed by atoms with Crippen LogP contribution in [0.3, 0.4) is 0 Å². The van der Waals surface area contributed by atoms with E-state index in [2.05, 4.69) is 6.08 Å². The van der Waals surface area contributed by atoms with Gasteiger partial charge < -0.3 is 0 Å². The second-order valence-corrected chi connectivity index (χ2v) is 7.91. The van der Waals surface area contributed by atoms with Crippen LogP contribution in [0.1, 0.15) is 20.3 Å². The first-order valence-electron chi connectivity index (χ1n) is 7.26. The molecule has 0 radical (unpaired) electrons. The van der Waals surface area contributed by atoms with Crippen LogP contribution in [-0.2, 0) is 10.0 Å². The second-order valence-electron chi connectivity index (χ2n) is 6.05. The van der Waals surface area contributed by atoms with Gasteiger partial charge in [-0.25, -0.2) is 8.42 Å². The molecule has 0 unspecified atom stereocenters. The lowest BCUT2D eigenvalue weighted by molar-refractivity contribution is -0.387. The highest BCUT2D eigenvalue weighted by Gasteiger charge is 2.48. The average molecular weight is 322 g/mol. The Kier molecular flexibility index (Phi) is 3.57.